The number of anilines is 1. The molecule has 12 heteroatoms. The maximum atomic E-state index is 13.9. The molecule has 1 heterocycles. The number of nitrogens with zero attached hydrogens (tertiary/aromatic N) is 2. The van der Waals surface area contributed by atoms with E-state index >= 15 is 0 Å². The summed E-state index contributed by atoms with van der Waals surface area (Å²) in [6.07, 6.45) is 1.04. The minimum atomic E-state index is -3.88. The van der Waals surface area contributed by atoms with Gasteiger partial charge in [0.2, 0.25) is 21.8 Å². The molecule has 1 atom stereocenters. The highest BCUT2D eigenvalue weighted by molar-refractivity contribution is 7.92. The van der Waals surface area contributed by atoms with E-state index in [9.17, 15) is 18.0 Å². The minimum absolute atomic E-state index is 0.00591. The van der Waals surface area contributed by atoms with Crippen molar-refractivity contribution in [1.29, 1.82) is 0 Å². The van der Waals surface area contributed by atoms with Crippen LogP contribution in [0.15, 0.2) is 36.4 Å². The second-order valence-electron chi connectivity index (χ2n) is 8.71. The molecule has 38 heavy (non-hydrogen) atoms. The summed E-state index contributed by atoms with van der Waals surface area (Å²) in [5.41, 5.74) is 0.841. The molecule has 0 radical (unpaired) electrons. The highest BCUT2D eigenvalue weighted by Crippen LogP contribution is 2.35. The lowest BCUT2D eigenvalue weighted by Crippen LogP contribution is -2.52. The fourth-order valence-electron chi connectivity index (χ4n) is 4.03. The molecule has 3 rings (SSSR count). The fraction of sp³-hybridized carbons (Fsp3) is 0.462. The minimum Gasteiger partial charge on any atom is -0.486 e. The molecule has 0 aliphatic carbocycles. The topological polar surface area (TPSA) is 105 Å². The van der Waals surface area contributed by atoms with Gasteiger partial charge in [0.15, 0.2) is 11.5 Å². The molecule has 0 saturated carbocycles. The van der Waals surface area contributed by atoms with Crippen LogP contribution >= 0.6 is 23.2 Å². The smallest absolute Gasteiger partial charge is 0.244 e. The number of rotatable bonds is 12. The number of sulfonamides is 1. The van der Waals surface area contributed by atoms with Gasteiger partial charge in [-0.25, -0.2) is 8.42 Å². The predicted octanol–water partition coefficient (Wildman–Crippen LogP) is 4.25. The number of carbonyl (C=O) groups is 2. The third-order valence-electron chi connectivity index (χ3n) is 6.08. The standard InChI is InChI=1S/C26H33Cl2N3O6S/c1-4-11-29-26(33)22(5-2)30(16-18-7-8-19(27)14-21(18)28)25(32)17-31(38(34,35)6-3)20-9-10-23-24(15-20)37-13-12-36-23/h7-10,14-15,22H,4-6,11-13,16-17H2,1-3H3,(H,29,33). The van der Waals surface area contributed by atoms with Crippen LogP contribution in [0.2, 0.25) is 10.0 Å². The van der Waals surface area contributed by atoms with Crippen molar-refractivity contribution in [2.75, 3.05) is 36.4 Å². The Balaban J connectivity index is 1.99. The summed E-state index contributed by atoms with van der Waals surface area (Å²) < 4.78 is 38.5. The molecule has 1 aliphatic heterocycles. The van der Waals surface area contributed by atoms with Crippen molar-refractivity contribution in [2.24, 2.45) is 0 Å². The van der Waals surface area contributed by atoms with Gasteiger partial charge in [0, 0.05) is 29.2 Å². The van der Waals surface area contributed by atoms with E-state index in [4.69, 9.17) is 32.7 Å². The molecule has 1 N–H and O–H groups in total. The zero-order chi connectivity index (χ0) is 27.9. The van der Waals surface area contributed by atoms with Crippen LogP contribution < -0.4 is 19.1 Å². The Morgan fingerprint density at radius 3 is 2.37 bits per heavy atom. The summed E-state index contributed by atoms with van der Waals surface area (Å²) in [5, 5.41) is 3.61. The Morgan fingerprint density at radius 1 is 1.03 bits per heavy atom. The number of carbonyl (C=O) groups excluding carboxylic acids is 2. The molecule has 0 spiro atoms. The second kappa shape index (κ2) is 13.4. The Morgan fingerprint density at radius 2 is 1.74 bits per heavy atom. The molecule has 0 bridgehead atoms. The predicted molar refractivity (Wildman–Crippen MR) is 149 cm³/mol. The maximum absolute atomic E-state index is 13.9. The summed E-state index contributed by atoms with van der Waals surface area (Å²) in [6.45, 7) is 5.88. The molecule has 2 amide bonds. The summed E-state index contributed by atoms with van der Waals surface area (Å²) in [7, 11) is -3.88. The van der Waals surface area contributed by atoms with Crippen molar-refractivity contribution >= 4 is 50.7 Å². The van der Waals surface area contributed by atoms with Crippen molar-refractivity contribution in [1.82, 2.24) is 10.2 Å². The molecule has 2 aromatic rings. The number of hydrogen-bond acceptors (Lipinski definition) is 6. The van der Waals surface area contributed by atoms with E-state index in [0.717, 1.165) is 10.7 Å². The summed E-state index contributed by atoms with van der Waals surface area (Å²) in [5.74, 6) is -0.213. The van der Waals surface area contributed by atoms with Gasteiger partial charge in [0.25, 0.3) is 0 Å². The number of benzene rings is 2. The van der Waals surface area contributed by atoms with E-state index < -0.39 is 28.5 Å². The van der Waals surface area contributed by atoms with Gasteiger partial charge in [-0.3, -0.25) is 13.9 Å². The van der Waals surface area contributed by atoms with Gasteiger partial charge in [-0.1, -0.05) is 43.1 Å². The first kappa shape index (κ1) is 29.9. The first-order chi connectivity index (χ1) is 18.1. The van der Waals surface area contributed by atoms with Gasteiger partial charge in [0.1, 0.15) is 25.8 Å². The van der Waals surface area contributed by atoms with Crippen molar-refractivity contribution in [3.63, 3.8) is 0 Å². The van der Waals surface area contributed by atoms with Crippen LogP contribution in [-0.4, -0.2) is 63.2 Å². The Hall–Kier alpha value is -2.69. The zero-order valence-electron chi connectivity index (χ0n) is 21.7. The van der Waals surface area contributed by atoms with Gasteiger partial charge < -0.3 is 19.7 Å². The third kappa shape index (κ3) is 7.24. The quantitative estimate of drug-likeness (QED) is 0.399. The van der Waals surface area contributed by atoms with E-state index in [0.29, 0.717) is 53.3 Å². The van der Waals surface area contributed by atoms with E-state index in [-0.39, 0.29) is 23.9 Å². The summed E-state index contributed by atoms with van der Waals surface area (Å²) in [4.78, 5) is 28.3. The highest BCUT2D eigenvalue weighted by Gasteiger charge is 2.33. The third-order valence-corrected chi connectivity index (χ3v) is 8.41. The van der Waals surface area contributed by atoms with Crippen LogP contribution in [0.1, 0.15) is 39.2 Å². The lowest BCUT2D eigenvalue weighted by Gasteiger charge is -2.33. The van der Waals surface area contributed by atoms with Crippen LogP contribution in [0.25, 0.3) is 0 Å². The van der Waals surface area contributed by atoms with Crippen LogP contribution in [-0.2, 0) is 26.2 Å². The number of hydrogen-bond donors (Lipinski definition) is 1. The first-order valence-corrected chi connectivity index (χ1v) is 14.9. The molecule has 0 saturated heterocycles. The van der Waals surface area contributed by atoms with E-state index in [1.165, 1.54) is 11.8 Å². The van der Waals surface area contributed by atoms with Crippen molar-refractivity contribution in [3.8, 4) is 11.5 Å². The Bertz CT molecular complexity index is 1260. The molecular weight excluding hydrogens is 553 g/mol. The lowest BCUT2D eigenvalue weighted by molar-refractivity contribution is -0.140. The van der Waals surface area contributed by atoms with Crippen LogP contribution in [0, 0.1) is 0 Å². The normalized spacial score (nSPS) is 13.5. The van der Waals surface area contributed by atoms with Crippen molar-refractivity contribution in [2.45, 2.75) is 46.2 Å². The zero-order valence-corrected chi connectivity index (χ0v) is 24.0. The molecular formula is C26H33Cl2N3O6S. The largest absolute Gasteiger partial charge is 0.486 e. The van der Waals surface area contributed by atoms with Gasteiger partial charge in [0.05, 0.1) is 11.4 Å². The first-order valence-electron chi connectivity index (χ1n) is 12.5. The number of fused-ring (bicyclic) bond motifs is 1. The van der Waals surface area contributed by atoms with Gasteiger partial charge in [-0.15, -0.1) is 0 Å². The highest BCUT2D eigenvalue weighted by atomic mass is 35.5. The number of amides is 2. The SMILES string of the molecule is CCCNC(=O)C(CC)N(Cc1ccc(Cl)cc1Cl)C(=O)CN(c1ccc2c(c1)OCCO2)S(=O)(=O)CC. The molecule has 1 aliphatic rings. The lowest BCUT2D eigenvalue weighted by atomic mass is 10.1. The molecule has 9 nitrogen and oxygen atoms in total. The van der Waals surface area contributed by atoms with E-state index in [1.54, 1.807) is 43.3 Å². The van der Waals surface area contributed by atoms with Crippen LogP contribution in [0.5, 0.6) is 11.5 Å². The number of halogens is 2. The summed E-state index contributed by atoms with van der Waals surface area (Å²) >= 11 is 12.4. The average Bonchev–Trinajstić information content (AvgIpc) is 2.91. The van der Waals surface area contributed by atoms with Gasteiger partial charge in [-0.2, -0.15) is 0 Å². The maximum Gasteiger partial charge on any atom is 0.244 e. The molecule has 0 aromatic heterocycles. The second-order valence-corrected chi connectivity index (χ2v) is 11.7. The molecule has 1 unspecified atom stereocenters. The summed E-state index contributed by atoms with van der Waals surface area (Å²) in [6, 6.07) is 8.77. The number of ether oxygens (including phenoxy) is 2. The average molecular weight is 587 g/mol. The van der Waals surface area contributed by atoms with Crippen molar-refractivity contribution in [3.05, 3.63) is 52.0 Å². The van der Waals surface area contributed by atoms with E-state index in [2.05, 4.69) is 5.32 Å². The Labute approximate surface area is 234 Å². The van der Waals surface area contributed by atoms with Gasteiger partial charge >= 0.3 is 0 Å². The van der Waals surface area contributed by atoms with Crippen LogP contribution in [0.4, 0.5) is 5.69 Å². The molecule has 208 valence electrons. The Kier molecular flexibility index (Phi) is 10.5. The van der Waals surface area contributed by atoms with Gasteiger partial charge in [-0.05, 0) is 49.6 Å². The number of nitrogens with one attached hydrogen (secondary N) is 1. The van der Waals surface area contributed by atoms with Crippen LogP contribution in [0.3, 0.4) is 0 Å². The molecule has 0 fully saturated rings. The van der Waals surface area contributed by atoms with E-state index in [1.807, 2.05) is 6.92 Å². The monoisotopic (exact) mass is 585 g/mol. The van der Waals surface area contributed by atoms with Crippen molar-refractivity contribution < 1.29 is 27.5 Å². The fourth-order valence-corrected chi connectivity index (χ4v) is 5.55. The molecule has 2 aromatic carbocycles.